The van der Waals surface area contributed by atoms with Crippen LogP contribution in [0.15, 0.2) is 53.7 Å². The number of hydrogen-bond donors (Lipinski definition) is 0. The quantitative estimate of drug-likeness (QED) is 0.701. The van der Waals surface area contributed by atoms with Crippen LogP contribution in [0.3, 0.4) is 0 Å². The molecule has 0 aliphatic carbocycles. The number of nitrogens with zero attached hydrogens (tertiary/aromatic N) is 3. The molecule has 4 nitrogen and oxygen atoms in total. The van der Waals surface area contributed by atoms with Crippen molar-refractivity contribution in [3.05, 3.63) is 70.5 Å². The van der Waals surface area contributed by atoms with Crippen molar-refractivity contribution in [2.75, 3.05) is 0 Å². The van der Waals surface area contributed by atoms with Gasteiger partial charge in [-0.3, -0.25) is 14.3 Å². The Balaban J connectivity index is 2.15. The van der Waals surface area contributed by atoms with Gasteiger partial charge in [0.25, 0.3) is 5.56 Å². The topological polar surface area (TPSA) is 47.8 Å². The maximum atomic E-state index is 11.8. The van der Waals surface area contributed by atoms with Crippen molar-refractivity contribution in [2.45, 2.75) is 13.5 Å². The first kappa shape index (κ1) is 11.6. The van der Waals surface area contributed by atoms with E-state index in [0.717, 1.165) is 22.2 Å². The predicted molar refractivity (Wildman–Crippen MR) is 74.1 cm³/mol. The molecule has 0 unspecified atom stereocenters. The molecule has 94 valence electrons. The van der Waals surface area contributed by atoms with Crippen molar-refractivity contribution in [3.8, 4) is 0 Å². The summed E-state index contributed by atoms with van der Waals surface area (Å²) in [5, 5.41) is 1.07. The molecule has 2 heterocycles. The summed E-state index contributed by atoms with van der Waals surface area (Å²) in [4.78, 5) is 20.2. The number of benzene rings is 1. The lowest BCUT2D eigenvalue weighted by Crippen LogP contribution is -2.19. The number of aryl methyl sites for hydroxylation is 1. The molecule has 3 rings (SSSR count). The monoisotopic (exact) mass is 251 g/mol. The van der Waals surface area contributed by atoms with Gasteiger partial charge in [0.05, 0.1) is 18.4 Å². The minimum absolute atomic E-state index is 0.0476. The van der Waals surface area contributed by atoms with Crippen LogP contribution in [0.25, 0.3) is 10.9 Å². The molecular formula is C15H13N3O. The summed E-state index contributed by atoms with van der Waals surface area (Å²) >= 11 is 0. The second-order valence-corrected chi connectivity index (χ2v) is 4.49. The van der Waals surface area contributed by atoms with E-state index < -0.39 is 0 Å². The van der Waals surface area contributed by atoms with Gasteiger partial charge in [-0.15, -0.1) is 0 Å². The van der Waals surface area contributed by atoms with Crippen LogP contribution < -0.4 is 5.56 Å². The molecule has 1 aromatic carbocycles. The summed E-state index contributed by atoms with van der Waals surface area (Å²) in [6.45, 7) is 2.47. The molecule has 3 aromatic rings. The minimum Gasteiger partial charge on any atom is -0.295 e. The fraction of sp³-hybridized carbons (Fsp3) is 0.133. The summed E-state index contributed by atoms with van der Waals surface area (Å²) in [5.41, 5.74) is 2.94. The lowest BCUT2D eigenvalue weighted by molar-refractivity contribution is 0.738. The third-order valence-corrected chi connectivity index (χ3v) is 3.06. The minimum atomic E-state index is -0.0476. The van der Waals surface area contributed by atoms with Gasteiger partial charge in [0.2, 0.25) is 0 Å². The molecule has 0 bridgehead atoms. The largest absolute Gasteiger partial charge is 0.295 e. The van der Waals surface area contributed by atoms with Crippen molar-refractivity contribution in [1.82, 2.24) is 14.5 Å². The zero-order valence-corrected chi connectivity index (χ0v) is 10.6. The maximum Gasteiger partial charge on any atom is 0.253 e. The first-order valence-electron chi connectivity index (χ1n) is 6.10. The van der Waals surface area contributed by atoms with Crippen molar-refractivity contribution < 1.29 is 0 Å². The molecule has 0 saturated heterocycles. The highest BCUT2D eigenvalue weighted by Crippen LogP contribution is 2.18. The molecule has 0 spiro atoms. The standard InChI is InChI=1S/C15H13N3O/c1-11-8-12(9-18-10-16-7-6-15(18)19)13-4-2-3-5-14(13)17-11/h2-8,10H,9H2,1H3. The molecule has 4 heteroatoms. The third kappa shape index (κ3) is 2.25. The molecule has 0 N–H and O–H groups in total. The number of hydrogen-bond acceptors (Lipinski definition) is 3. The molecule has 19 heavy (non-hydrogen) atoms. The maximum absolute atomic E-state index is 11.8. The van der Waals surface area contributed by atoms with Crippen molar-refractivity contribution >= 4 is 10.9 Å². The first-order valence-corrected chi connectivity index (χ1v) is 6.10. The van der Waals surface area contributed by atoms with Gasteiger partial charge in [-0.1, -0.05) is 18.2 Å². The Morgan fingerprint density at radius 3 is 2.89 bits per heavy atom. The van der Waals surface area contributed by atoms with Gasteiger partial charge >= 0.3 is 0 Å². The van der Waals surface area contributed by atoms with Gasteiger partial charge in [0.1, 0.15) is 0 Å². The van der Waals surface area contributed by atoms with E-state index in [-0.39, 0.29) is 5.56 Å². The molecule has 0 aliphatic rings. The van der Waals surface area contributed by atoms with E-state index in [2.05, 4.69) is 9.97 Å². The van der Waals surface area contributed by atoms with Crippen LogP contribution in [0.4, 0.5) is 0 Å². The van der Waals surface area contributed by atoms with Crippen molar-refractivity contribution in [1.29, 1.82) is 0 Å². The molecule has 0 atom stereocenters. The van der Waals surface area contributed by atoms with Gasteiger partial charge in [0.15, 0.2) is 0 Å². The van der Waals surface area contributed by atoms with Gasteiger partial charge in [0, 0.05) is 23.3 Å². The van der Waals surface area contributed by atoms with Gasteiger partial charge in [-0.2, -0.15) is 0 Å². The van der Waals surface area contributed by atoms with Gasteiger partial charge in [-0.05, 0) is 24.6 Å². The molecule has 0 aliphatic heterocycles. The van der Waals surface area contributed by atoms with Crippen LogP contribution in [0, 0.1) is 6.92 Å². The second kappa shape index (κ2) is 4.65. The van der Waals surface area contributed by atoms with Crippen LogP contribution in [0.1, 0.15) is 11.3 Å². The van der Waals surface area contributed by atoms with Crippen LogP contribution in [0.5, 0.6) is 0 Å². The summed E-state index contributed by atoms with van der Waals surface area (Å²) in [6.07, 6.45) is 3.07. The first-order chi connectivity index (χ1) is 9.24. The zero-order chi connectivity index (χ0) is 13.2. The Bertz CT molecular complexity index is 792. The highest BCUT2D eigenvalue weighted by molar-refractivity contribution is 5.82. The Morgan fingerprint density at radius 1 is 1.21 bits per heavy atom. The SMILES string of the molecule is Cc1cc(Cn2cnccc2=O)c2ccccc2n1. The van der Waals surface area contributed by atoms with Crippen LogP contribution in [-0.4, -0.2) is 14.5 Å². The third-order valence-electron chi connectivity index (χ3n) is 3.06. The van der Waals surface area contributed by atoms with E-state index in [1.165, 1.54) is 12.3 Å². The van der Waals surface area contributed by atoms with Crippen LogP contribution >= 0.6 is 0 Å². The van der Waals surface area contributed by atoms with Crippen LogP contribution in [-0.2, 0) is 6.54 Å². The number of rotatable bonds is 2. The smallest absolute Gasteiger partial charge is 0.253 e. The normalized spacial score (nSPS) is 10.8. The number of fused-ring (bicyclic) bond motifs is 1. The van der Waals surface area contributed by atoms with Gasteiger partial charge in [-0.25, -0.2) is 4.98 Å². The Kier molecular flexibility index (Phi) is 2.83. The summed E-state index contributed by atoms with van der Waals surface area (Å²) in [5.74, 6) is 0. The Hall–Kier alpha value is -2.49. The number of pyridine rings is 1. The second-order valence-electron chi connectivity index (χ2n) is 4.49. The molecule has 0 amide bonds. The van der Waals surface area contributed by atoms with E-state index in [4.69, 9.17) is 0 Å². The molecule has 0 saturated carbocycles. The highest BCUT2D eigenvalue weighted by Gasteiger charge is 2.05. The summed E-state index contributed by atoms with van der Waals surface area (Å²) in [7, 11) is 0. The van der Waals surface area contributed by atoms with Crippen molar-refractivity contribution in [2.24, 2.45) is 0 Å². The fourth-order valence-corrected chi connectivity index (χ4v) is 2.21. The van der Waals surface area contributed by atoms with Gasteiger partial charge < -0.3 is 0 Å². The molecule has 2 aromatic heterocycles. The lowest BCUT2D eigenvalue weighted by atomic mass is 10.1. The number of aromatic nitrogens is 3. The summed E-state index contributed by atoms with van der Waals surface area (Å²) < 4.78 is 1.60. The van der Waals surface area contributed by atoms with E-state index in [1.54, 1.807) is 10.9 Å². The van der Waals surface area contributed by atoms with E-state index in [1.807, 2.05) is 37.3 Å². The fourth-order valence-electron chi connectivity index (χ4n) is 2.21. The molecule has 0 radical (unpaired) electrons. The molecule has 0 fully saturated rings. The summed E-state index contributed by atoms with van der Waals surface area (Å²) in [6, 6.07) is 11.4. The molecular weight excluding hydrogens is 238 g/mol. The predicted octanol–water partition coefficient (Wildman–Crippen LogP) is 2.15. The highest BCUT2D eigenvalue weighted by atomic mass is 16.1. The Labute approximate surface area is 110 Å². The zero-order valence-electron chi connectivity index (χ0n) is 10.6. The van der Waals surface area contributed by atoms with E-state index in [9.17, 15) is 4.79 Å². The van der Waals surface area contributed by atoms with Crippen LogP contribution in [0.2, 0.25) is 0 Å². The lowest BCUT2D eigenvalue weighted by Gasteiger charge is -2.09. The average molecular weight is 251 g/mol. The number of para-hydroxylation sites is 1. The Morgan fingerprint density at radius 2 is 2.05 bits per heavy atom. The van der Waals surface area contributed by atoms with E-state index in [0.29, 0.717) is 6.54 Å². The average Bonchev–Trinajstić information content (AvgIpc) is 2.41. The van der Waals surface area contributed by atoms with Crippen molar-refractivity contribution in [3.63, 3.8) is 0 Å². The van der Waals surface area contributed by atoms with E-state index >= 15 is 0 Å².